The van der Waals surface area contributed by atoms with Gasteiger partial charge in [-0.3, -0.25) is 9.59 Å². The third-order valence-electron chi connectivity index (χ3n) is 4.81. The number of carbonyl (C=O) groups is 2. The van der Waals surface area contributed by atoms with Crippen LogP contribution in [0, 0.1) is 5.41 Å². The SMILES string of the molecule is O=C(CC1(C(=O)O)CCC1)NC1CCc2c(Br)cccc21. The first kappa shape index (κ1) is 14.6. The van der Waals surface area contributed by atoms with Crippen LogP contribution < -0.4 is 5.32 Å². The van der Waals surface area contributed by atoms with Crippen LogP contribution in [0.5, 0.6) is 0 Å². The van der Waals surface area contributed by atoms with Crippen molar-refractivity contribution in [3.63, 3.8) is 0 Å². The maximum Gasteiger partial charge on any atom is 0.310 e. The highest BCUT2D eigenvalue weighted by Gasteiger charge is 2.46. The lowest BCUT2D eigenvalue weighted by Gasteiger charge is -2.37. The molecular weight excluding hydrogens is 334 g/mol. The van der Waals surface area contributed by atoms with E-state index in [-0.39, 0.29) is 18.4 Å². The average Bonchev–Trinajstić information content (AvgIpc) is 2.78. The van der Waals surface area contributed by atoms with Crippen LogP contribution in [0.15, 0.2) is 22.7 Å². The molecule has 5 heteroatoms. The first-order chi connectivity index (χ1) is 10.0. The number of carboxylic acid groups (broad SMARTS) is 1. The molecule has 1 fully saturated rings. The highest BCUT2D eigenvalue weighted by molar-refractivity contribution is 9.10. The minimum Gasteiger partial charge on any atom is -0.481 e. The third-order valence-corrected chi connectivity index (χ3v) is 5.55. The number of amides is 1. The van der Waals surface area contributed by atoms with Gasteiger partial charge in [-0.2, -0.15) is 0 Å². The zero-order valence-corrected chi connectivity index (χ0v) is 13.3. The zero-order valence-electron chi connectivity index (χ0n) is 11.7. The van der Waals surface area contributed by atoms with Crippen molar-refractivity contribution >= 4 is 27.8 Å². The number of fused-ring (bicyclic) bond motifs is 1. The molecule has 1 unspecified atom stereocenters. The number of rotatable bonds is 4. The highest BCUT2D eigenvalue weighted by atomic mass is 79.9. The van der Waals surface area contributed by atoms with Crippen molar-refractivity contribution in [1.29, 1.82) is 0 Å². The summed E-state index contributed by atoms with van der Waals surface area (Å²) in [4.78, 5) is 23.6. The quantitative estimate of drug-likeness (QED) is 0.875. The standard InChI is InChI=1S/C16H18BrNO3/c17-12-4-1-3-11-10(12)5-6-13(11)18-14(19)9-16(15(20)21)7-2-8-16/h1,3-4,13H,2,5-9H2,(H,18,19)(H,20,21). The number of hydrogen-bond donors (Lipinski definition) is 2. The molecule has 1 aromatic rings. The van der Waals surface area contributed by atoms with E-state index in [1.165, 1.54) is 5.56 Å². The van der Waals surface area contributed by atoms with Crippen molar-refractivity contribution in [1.82, 2.24) is 5.32 Å². The van der Waals surface area contributed by atoms with Gasteiger partial charge in [-0.05, 0) is 42.9 Å². The summed E-state index contributed by atoms with van der Waals surface area (Å²) in [5, 5.41) is 12.3. The molecule has 1 saturated carbocycles. The smallest absolute Gasteiger partial charge is 0.310 e. The monoisotopic (exact) mass is 351 g/mol. The van der Waals surface area contributed by atoms with E-state index in [0.717, 1.165) is 29.3 Å². The molecule has 21 heavy (non-hydrogen) atoms. The average molecular weight is 352 g/mol. The number of aliphatic carboxylic acids is 1. The van der Waals surface area contributed by atoms with Crippen LogP contribution in [0.3, 0.4) is 0 Å². The summed E-state index contributed by atoms with van der Waals surface area (Å²) < 4.78 is 1.08. The van der Waals surface area contributed by atoms with E-state index in [2.05, 4.69) is 21.2 Å². The van der Waals surface area contributed by atoms with Gasteiger partial charge < -0.3 is 10.4 Å². The first-order valence-corrected chi connectivity index (χ1v) is 8.11. The van der Waals surface area contributed by atoms with Crippen molar-refractivity contribution < 1.29 is 14.7 Å². The fourth-order valence-corrected chi connectivity index (χ4v) is 3.96. The molecule has 2 N–H and O–H groups in total. The molecule has 1 atom stereocenters. The van der Waals surface area contributed by atoms with Gasteiger partial charge in [-0.1, -0.05) is 34.5 Å². The molecule has 112 valence electrons. The maximum atomic E-state index is 12.2. The number of halogens is 1. The Balaban J connectivity index is 1.68. The molecule has 0 aromatic heterocycles. The minimum absolute atomic E-state index is 0.0101. The lowest BCUT2D eigenvalue weighted by molar-refractivity contribution is -0.157. The predicted octanol–water partition coefficient (Wildman–Crippen LogP) is 3.20. The molecule has 2 aliphatic rings. The summed E-state index contributed by atoms with van der Waals surface area (Å²) in [6.07, 6.45) is 4.04. The molecule has 0 radical (unpaired) electrons. The lowest BCUT2D eigenvalue weighted by Crippen LogP contribution is -2.43. The van der Waals surface area contributed by atoms with E-state index in [9.17, 15) is 14.7 Å². The Hall–Kier alpha value is -1.36. The molecule has 1 amide bonds. The molecule has 1 aromatic carbocycles. The largest absolute Gasteiger partial charge is 0.481 e. The molecule has 0 aliphatic heterocycles. The lowest BCUT2D eigenvalue weighted by atomic mass is 9.66. The van der Waals surface area contributed by atoms with Gasteiger partial charge in [-0.15, -0.1) is 0 Å². The topological polar surface area (TPSA) is 66.4 Å². The van der Waals surface area contributed by atoms with Crippen molar-refractivity contribution in [2.75, 3.05) is 0 Å². The third kappa shape index (κ3) is 2.59. The van der Waals surface area contributed by atoms with E-state index < -0.39 is 11.4 Å². The van der Waals surface area contributed by atoms with Gasteiger partial charge in [0, 0.05) is 10.9 Å². The molecule has 0 heterocycles. The Morgan fingerprint density at radius 1 is 1.38 bits per heavy atom. The van der Waals surface area contributed by atoms with Crippen LogP contribution in [-0.2, 0) is 16.0 Å². The Kier molecular flexibility index (Phi) is 3.78. The number of hydrogen-bond acceptors (Lipinski definition) is 2. The summed E-state index contributed by atoms with van der Waals surface area (Å²) in [5.74, 6) is -0.978. The molecule has 2 aliphatic carbocycles. The van der Waals surface area contributed by atoms with Gasteiger partial charge in [0.05, 0.1) is 11.5 Å². The van der Waals surface area contributed by atoms with Gasteiger partial charge in [0.15, 0.2) is 0 Å². The molecule has 4 nitrogen and oxygen atoms in total. The Morgan fingerprint density at radius 2 is 2.14 bits per heavy atom. The summed E-state index contributed by atoms with van der Waals surface area (Å²) in [6, 6.07) is 6.03. The van der Waals surface area contributed by atoms with E-state index in [4.69, 9.17) is 0 Å². The Labute approximate surface area is 132 Å². The Bertz CT molecular complexity index is 595. The van der Waals surface area contributed by atoms with Gasteiger partial charge in [0.2, 0.25) is 5.91 Å². The molecule has 0 saturated heterocycles. The number of benzene rings is 1. The number of carboxylic acids is 1. The number of nitrogens with one attached hydrogen (secondary N) is 1. The van der Waals surface area contributed by atoms with Crippen LogP contribution in [0.4, 0.5) is 0 Å². The minimum atomic E-state index is -0.835. The van der Waals surface area contributed by atoms with Crippen molar-refractivity contribution in [2.24, 2.45) is 5.41 Å². The van der Waals surface area contributed by atoms with Gasteiger partial charge in [0.25, 0.3) is 0 Å². The van der Waals surface area contributed by atoms with Crippen LogP contribution >= 0.6 is 15.9 Å². The van der Waals surface area contributed by atoms with Gasteiger partial charge >= 0.3 is 5.97 Å². The maximum absolute atomic E-state index is 12.2. The normalized spacial score (nSPS) is 22.2. The fourth-order valence-electron chi connectivity index (χ4n) is 3.38. The summed E-state index contributed by atoms with van der Waals surface area (Å²) in [6.45, 7) is 0. The summed E-state index contributed by atoms with van der Waals surface area (Å²) >= 11 is 3.54. The van der Waals surface area contributed by atoms with E-state index in [0.29, 0.717) is 12.8 Å². The Morgan fingerprint density at radius 3 is 2.76 bits per heavy atom. The highest BCUT2D eigenvalue weighted by Crippen LogP contribution is 2.44. The van der Waals surface area contributed by atoms with Crippen LogP contribution in [0.2, 0.25) is 0 Å². The molecule has 3 rings (SSSR count). The number of carbonyl (C=O) groups excluding carboxylic acids is 1. The van der Waals surface area contributed by atoms with Crippen LogP contribution in [-0.4, -0.2) is 17.0 Å². The van der Waals surface area contributed by atoms with Crippen molar-refractivity contribution in [2.45, 2.75) is 44.6 Å². The molecule has 0 bridgehead atoms. The molecule has 0 spiro atoms. The fraction of sp³-hybridized carbons (Fsp3) is 0.500. The summed E-state index contributed by atoms with van der Waals surface area (Å²) in [7, 11) is 0. The zero-order chi connectivity index (χ0) is 15.0. The second-order valence-electron chi connectivity index (χ2n) is 6.08. The van der Waals surface area contributed by atoms with E-state index >= 15 is 0 Å². The van der Waals surface area contributed by atoms with Gasteiger partial charge in [0.1, 0.15) is 0 Å². The summed E-state index contributed by atoms with van der Waals surface area (Å²) in [5.41, 5.74) is 1.58. The van der Waals surface area contributed by atoms with Crippen molar-refractivity contribution in [3.8, 4) is 0 Å². The van der Waals surface area contributed by atoms with E-state index in [1.54, 1.807) is 0 Å². The first-order valence-electron chi connectivity index (χ1n) is 7.32. The predicted molar refractivity (Wildman–Crippen MR) is 81.9 cm³/mol. The molecular formula is C16H18BrNO3. The van der Waals surface area contributed by atoms with Crippen LogP contribution in [0.25, 0.3) is 0 Å². The van der Waals surface area contributed by atoms with Crippen LogP contribution in [0.1, 0.15) is 49.3 Å². The second kappa shape index (κ2) is 5.44. The van der Waals surface area contributed by atoms with E-state index in [1.807, 2.05) is 18.2 Å². The van der Waals surface area contributed by atoms with Crippen molar-refractivity contribution in [3.05, 3.63) is 33.8 Å². The second-order valence-corrected chi connectivity index (χ2v) is 6.94. The van der Waals surface area contributed by atoms with Gasteiger partial charge in [-0.25, -0.2) is 0 Å².